The third-order valence-electron chi connectivity index (χ3n) is 5.81. The summed E-state index contributed by atoms with van der Waals surface area (Å²) in [5.41, 5.74) is 2.59. The molecule has 2 aliphatic heterocycles. The lowest BCUT2D eigenvalue weighted by Gasteiger charge is -2.14. The lowest BCUT2D eigenvalue weighted by molar-refractivity contribution is -0.123. The molecule has 0 aromatic heterocycles. The van der Waals surface area contributed by atoms with Crippen LogP contribution in [0.3, 0.4) is 0 Å². The monoisotopic (exact) mass is 604 g/mol. The molecule has 8 nitrogen and oxygen atoms in total. The van der Waals surface area contributed by atoms with Crippen LogP contribution in [-0.2, 0) is 16.1 Å². The van der Waals surface area contributed by atoms with Crippen LogP contribution >= 0.6 is 46.6 Å². The van der Waals surface area contributed by atoms with Crippen molar-refractivity contribution in [1.82, 2.24) is 4.90 Å². The van der Waals surface area contributed by atoms with Crippen LogP contribution in [-0.4, -0.2) is 35.4 Å². The van der Waals surface area contributed by atoms with Crippen LogP contribution in [0.25, 0.3) is 6.08 Å². The van der Waals surface area contributed by atoms with E-state index >= 15 is 0 Å². The van der Waals surface area contributed by atoms with Gasteiger partial charge in [0.1, 0.15) is 5.75 Å². The number of carbonyl (C=O) groups excluding carboxylic acids is 3. The Morgan fingerprint density at radius 2 is 1.79 bits per heavy atom. The third-order valence-corrected chi connectivity index (χ3v) is 7.77. The molecule has 3 aromatic carbocycles. The molecular weight excluding hydrogens is 587 g/mol. The first-order chi connectivity index (χ1) is 18.7. The Labute approximate surface area is 242 Å². The van der Waals surface area contributed by atoms with E-state index in [4.69, 9.17) is 49.0 Å². The zero-order valence-corrected chi connectivity index (χ0v) is 23.3. The van der Waals surface area contributed by atoms with Crippen LogP contribution in [0.4, 0.5) is 10.5 Å². The number of nitrogens with one attached hydrogen (secondary N) is 1. The molecule has 2 aliphatic rings. The van der Waals surface area contributed by atoms with Gasteiger partial charge in [0.25, 0.3) is 17.1 Å². The van der Waals surface area contributed by atoms with Crippen molar-refractivity contribution in [2.24, 2.45) is 0 Å². The highest BCUT2D eigenvalue weighted by Gasteiger charge is 2.35. The van der Waals surface area contributed by atoms with Gasteiger partial charge in [0, 0.05) is 21.8 Å². The average Bonchev–Trinajstić information content (AvgIpc) is 3.45. The fraction of sp³-hybridized carbons (Fsp3) is 0.148. The SMILES string of the molecule is Cc1ccc(NC(=O)COc2ccc(/C=C3\SC(=O)N(Cc4cc5c(cc4Cl)OCO5)C3=O)cc2Cl)cc1Cl. The zero-order valence-electron chi connectivity index (χ0n) is 20.3. The summed E-state index contributed by atoms with van der Waals surface area (Å²) in [5.74, 6) is 0.468. The molecule has 5 rings (SSSR count). The molecule has 200 valence electrons. The predicted molar refractivity (Wildman–Crippen MR) is 151 cm³/mol. The number of fused-ring (bicyclic) bond motifs is 1. The molecule has 1 fully saturated rings. The first-order valence-corrected chi connectivity index (χ1v) is 13.4. The maximum Gasteiger partial charge on any atom is 0.293 e. The first-order valence-electron chi connectivity index (χ1n) is 11.5. The number of hydrogen-bond donors (Lipinski definition) is 1. The maximum absolute atomic E-state index is 13.0. The van der Waals surface area contributed by atoms with Gasteiger partial charge in [0.15, 0.2) is 18.1 Å². The minimum absolute atomic E-state index is 0.0120. The number of aryl methyl sites for hydroxylation is 1. The number of nitrogens with zero attached hydrogens (tertiary/aromatic N) is 1. The molecule has 0 radical (unpaired) electrons. The summed E-state index contributed by atoms with van der Waals surface area (Å²) in [6, 6.07) is 13.3. The highest BCUT2D eigenvalue weighted by molar-refractivity contribution is 8.18. The van der Waals surface area contributed by atoms with Gasteiger partial charge in [-0.15, -0.1) is 0 Å². The minimum atomic E-state index is -0.455. The van der Waals surface area contributed by atoms with E-state index in [0.29, 0.717) is 38.4 Å². The van der Waals surface area contributed by atoms with E-state index in [2.05, 4.69) is 5.32 Å². The summed E-state index contributed by atoms with van der Waals surface area (Å²) in [5, 5.41) is 3.42. The Bertz CT molecular complexity index is 1540. The molecule has 1 N–H and O–H groups in total. The highest BCUT2D eigenvalue weighted by atomic mass is 35.5. The van der Waals surface area contributed by atoms with Crippen molar-refractivity contribution >= 4 is 75.4 Å². The van der Waals surface area contributed by atoms with Gasteiger partial charge in [-0.2, -0.15) is 0 Å². The van der Waals surface area contributed by atoms with Crippen LogP contribution in [0.15, 0.2) is 53.4 Å². The smallest absolute Gasteiger partial charge is 0.293 e. The van der Waals surface area contributed by atoms with Crippen molar-refractivity contribution in [3.05, 3.63) is 85.2 Å². The third kappa shape index (κ3) is 6.12. The largest absolute Gasteiger partial charge is 0.482 e. The molecule has 3 amide bonds. The molecule has 0 unspecified atom stereocenters. The normalized spacial score (nSPS) is 15.3. The van der Waals surface area contributed by atoms with Crippen LogP contribution in [0.1, 0.15) is 16.7 Å². The molecule has 39 heavy (non-hydrogen) atoms. The molecule has 0 spiro atoms. The predicted octanol–water partition coefficient (Wildman–Crippen LogP) is 6.94. The lowest BCUT2D eigenvalue weighted by atomic mass is 10.1. The van der Waals surface area contributed by atoms with Gasteiger partial charge in [0.2, 0.25) is 6.79 Å². The van der Waals surface area contributed by atoms with Crippen molar-refractivity contribution < 1.29 is 28.6 Å². The summed E-state index contributed by atoms with van der Waals surface area (Å²) in [7, 11) is 0. The fourth-order valence-corrected chi connectivity index (χ4v) is 5.25. The molecule has 3 aromatic rings. The van der Waals surface area contributed by atoms with Gasteiger partial charge in [-0.25, -0.2) is 0 Å². The van der Waals surface area contributed by atoms with Crippen molar-refractivity contribution in [1.29, 1.82) is 0 Å². The van der Waals surface area contributed by atoms with E-state index in [-0.39, 0.29) is 41.5 Å². The molecule has 0 bridgehead atoms. The minimum Gasteiger partial charge on any atom is -0.482 e. The number of halogens is 3. The van der Waals surface area contributed by atoms with Crippen molar-refractivity contribution in [3.8, 4) is 17.2 Å². The number of ether oxygens (including phenoxy) is 3. The maximum atomic E-state index is 13.0. The summed E-state index contributed by atoms with van der Waals surface area (Å²) < 4.78 is 16.2. The Hall–Kier alpha value is -3.37. The molecular formula is C27H19Cl3N2O6S. The highest BCUT2D eigenvalue weighted by Crippen LogP contribution is 2.39. The van der Waals surface area contributed by atoms with Gasteiger partial charge >= 0.3 is 0 Å². The van der Waals surface area contributed by atoms with E-state index in [9.17, 15) is 14.4 Å². The number of carbonyl (C=O) groups is 3. The topological polar surface area (TPSA) is 94.2 Å². The molecule has 1 saturated heterocycles. The van der Waals surface area contributed by atoms with E-state index in [0.717, 1.165) is 22.2 Å². The number of rotatable bonds is 7. The van der Waals surface area contributed by atoms with Gasteiger partial charge < -0.3 is 19.5 Å². The van der Waals surface area contributed by atoms with Gasteiger partial charge in [-0.05, 0) is 71.8 Å². The molecule has 2 heterocycles. The van der Waals surface area contributed by atoms with Gasteiger partial charge in [-0.3, -0.25) is 19.3 Å². The zero-order chi connectivity index (χ0) is 27.7. The second-order valence-electron chi connectivity index (χ2n) is 8.56. The van der Waals surface area contributed by atoms with Gasteiger partial charge in [0.05, 0.1) is 16.5 Å². The summed E-state index contributed by atoms with van der Waals surface area (Å²) in [6.45, 7) is 1.67. The van der Waals surface area contributed by atoms with Gasteiger partial charge in [-0.1, -0.05) is 46.9 Å². The Kier molecular flexibility index (Phi) is 7.95. The quantitative estimate of drug-likeness (QED) is 0.292. The summed E-state index contributed by atoms with van der Waals surface area (Å²) >= 11 is 19.6. The molecule has 0 atom stereocenters. The lowest BCUT2D eigenvalue weighted by Crippen LogP contribution is -2.27. The average molecular weight is 606 g/mol. The Morgan fingerprint density at radius 3 is 2.54 bits per heavy atom. The Morgan fingerprint density at radius 1 is 1.03 bits per heavy atom. The number of hydrogen-bond acceptors (Lipinski definition) is 7. The number of anilines is 1. The van der Waals surface area contributed by atoms with E-state index in [1.54, 1.807) is 54.6 Å². The van der Waals surface area contributed by atoms with Crippen LogP contribution in [0, 0.1) is 6.92 Å². The second-order valence-corrected chi connectivity index (χ2v) is 10.8. The standard InChI is InChI=1S/C27H19Cl3N2O6S/c1-14-2-4-17(9-18(14)28)31-25(33)12-36-21-5-3-15(6-20(21)30)7-24-26(34)32(27(35)39-24)11-16-8-22-23(10-19(16)29)38-13-37-22/h2-10H,11-13H2,1H3,(H,31,33)/b24-7-. The number of thioether (sulfide) groups is 1. The Balaban J connectivity index is 1.22. The summed E-state index contributed by atoms with van der Waals surface area (Å²) in [4.78, 5) is 39.2. The number of imide groups is 1. The van der Waals surface area contributed by atoms with Crippen molar-refractivity contribution in [3.63, 3.8) is 0 Å². The van der Waals surface area contributed by atoms with E-state index in [1.165, 1.54) is 0 Å². The fourth-order valence-electron chi connectivity index (χ4n) is 3.77. The van der Waals surface area contributed by atoms with Crippen LogP contribution in [0.2, 0.25) is 15.1 Å². The summed E-state index contributed by atoms with van der Waals surface area (Å²) in [6.07, 6.45) is 1.57. The van der Waals surface area contributed by atoms with E-state index in [1.807, 2.05) is 6.92 Å². The second kappa shape index (κ2) is 11.4. The van der Waals surface area contributed by atoms with Crippen LogP contribution in [0.5, 0.6) is 17.2 Å². The van der Waals surface area contributed by atoms with Crippen molar-refractivity contribution in [2.45, 2.75) is 13.5 Å². The van der Waals surface area contributed by atoms with E-state index < -0.39 is 11.1 Å². The van der Waals surface area contributed by atoms with Crippen molar-refractivity contribution in [2.75, 3.05) is 18.7 Å². The molecule has 0 aliphatic carbocycles. The number of benzene rings is 3. The molecule has 0 saturated carbocycles. The van der Waals surface area contributed by atoms with Crippen LogP contribution < -0.4 is 19.5 Å². The first kappa shape index (κ1) is 27.2. The molecule has 12 heteroatoms. The number of amides is 3.